The molecule has 0 radical (unpaired) electrons. The zero-order valence-electron chi connectivity index (χ0n) is 11.1. The molecule has 5 nitrogen and oxygen atoms in total. The molecule has 1 aromatic heterocycles. The van der Waals surface area contributed by atoms with Gasteiger partial charge in [0.2, 0.25) is 0 Å². The van der Waals surface area contributed by atoms with Crippen LogP contribution < -0.4 is 4.74 Å². The number of pyridine rings is 1. The molecule has 0 amide bonds. The lowest BCUT2D eigenvalue weighted by atomic mass is 10.1. The molecule has 3 rings (SSSR count). The van der Waals surface area contributed by atoms with Crippen molar-refractivity contribution in [3.8, 4) is 5.75 Å². The van der Waals surface area contributed by atoms with Gasteiger partial charge in [-0.3, -0.25) is 10.1 Å². The molecule has 0 unspecified atom stereocenters. The number of hydrogen-bond donors (Lipinski definition) is 0. The number of ether oxygens (including phenoxy) is 1. The van der Waals surface area contributed by atoms with Crippen LogP contribution in [-0.2, 0) is 0 Å². The van der Waals surface area contributed by atoms with E-state index < -0.39 is 0 Å². The summed E-state index contributed by atoms with van der Waals surface area (Å²) in [5.74, 6) is 0.703. The monoisotopic (exact) mass is 268 g/mol. The van der Waals surface area contributed by atoms with Crippen LogP contribution in [0.2, 0.25) is 0 Å². The molecule has 0 saturated heterocycles. The Kier molecular flexibility index (Phi) is 2.75. The average molecular weight is 268 g/mol. The highest BCUT2D eigenvalue weighted by Gasteiger charge is 2.15. The number of fused-ring (bicyclic) bond motifs is 2. The van der Waals surface area contributed by atoms with Crippen LogP contribution in [0, 0.1) is 17.0 Å². The lowest BCUT2D eigenvalue weighted by Gasteiger charge is -2.06. The second kappa shape index (κ2) is 4.45. The topological polar surface area (TPSA) is 65.3 Å². The number of aryl methyl sites for hydroxylation is 1. The van der Waals surface area contributed by atoms with Crippen LogP contribution in [0.5, 0.6) is 5.75 Å². The van der Waals surface area contributed by atoms with E-state index in [-0.39, 0.29) is 10.6 Å². The molecular formula is C15H12N2O3. The zero-order valence-corrected chi connectivity index (χ0v) is 11.1. The third kappa shape index (κ3) is 1.84. The first-order valence-electron chi connectivity index (χ1n) is 6.12. The van der Waals surface area contributed by atoms with Crippen molar-refractivity contribution in [3.05, 3.63) is 52.1 Å². The van der Waals surface area contributed by atoms with Crippen molar-refractivity contribution in [2.75, 3.05) is 7.11 Å². The van der Waals surface area contributed by atoms with Crippen LogP contribution in [-0.4, -0.2) is 17.0 Å². The first-order chi connectivity index (χ1) is 9.60. The van der Waals surface area contributed by atoms with Gasteiger partial charge in [-0.2, -0.15) is 0 Å². The smallest absolute Gasteiger partial charge is 0.278 e. The molecule has 0 fully saturated rings. The number of rotatable bonds is 2. The number of methoxy groups -OCH3 is 1. The Labute approximate surface area is 115 Å². The van der Waals surface area contributed by atoms with E-state index >= 15 is 0 Å². The Morgan fingerprint density at radius 2 is 2.00 bits per heavy atom. The fourth-order valence-electron chi connectivity index (χ4n) is 2.31. The number of aromatic nitrogens is 1. The first kappa shape index (κ1) is 12.3. The van der Waals surface area contributed by atoms with E-state index in [1.54, 1.807) is 19.2 Å². The highest BCUT2D eigenvalue weighted by atomic mass is 16.6. The van der Waals surface area contributed by atoms with Gasteiger partial charge >= 0.3 is 0 Å². The molecule has 0 aliphatic heterocycles. The number of nitrogens with zero attached hydrogens (tertiary/aromatic N) is 2. The summed E-state index contributed by atoms with van der Waals surface area (Å²) in [6.45, 7) is 1.90. The summed E-state index contributed by atoms with van der Waals surface area (Å²) in [7, 11) is 1.59. The van der Waals surface area contributed by atoms with Crippen LogP contribution in [0.15, 0.2) is 36.4 Å². The van der Waals surface area contributed by atoms with Crippen LogP contribution in [0.1, 0.15) is 5.56 Å². The zero-order chi connectivity index (χ0) is 14.3. The van der Waals surface area contributed by atoms with Crippen molar-refractivity contribution in [2.45, 2.75) is 6.92 Å². The van der Waals surface area contributed by atoms with Gasteiger partial charge in [-0.1, -0.05) is 6.07 Å². The van der Waals surface area contributed by atoms with Gasteiger partial charge in [-0.05, 0) is 36.8 Å². The molecule has 0 N–H and O–H groups in total. The Bertz CT molecular complexity index is 843. The maximum absolute atomic E-state index is 11.1. The van der Waals surface area contributed by atoms with Crippen molar-refractivity contribution in [2.24, 2.45) is 0 Å². The van der Waals surface area contributed by atoms with Gasteiger partial charge in [0.15, 0.2) is 0 Å². The average Bonchev–Trinajstić information content (AvgIpc) is 2.45. The van der Waals surface area contributed by atoms with Crippen molar-refractivity contribution in [1.29, 1.82) is 0 Å². The predicted octanol–water partition coefficient (Wildman–Crippen LogP) is 3.61. The molecule has 0 spiro atoms. The second-order valence-corrected chi connectivity index (χ2v) is 4.60. The summed E-state index contributed by atoms with van der Waals surface area (Å²) < 4.78 is 5.17. The minimum atomic E-state index is -0.380. The molecule has 2 aromatic carbocycles. The van der Waals surface area contributed by atoms with Crippen LogP contribution >= 0.6 is 0 Å². The van der Waals surface area contributed by atoms with Gasteiger partial charge in [-0.15, -0.1) is 0 Å². The van der Waals surface area contributed by atoms with Gasteiger partial charge in [0.25, 0.3) is 5.69 Å². The molecule has 0 atom stereocenters. The Hall–Kier alpha value is -2.69. The van der Waals surface area contributed by atoms with Gasteiger partial charge in [0.05, 0.1) is 28.5 Å². The molecule has 0 saturated carbocycles. The normalized spacial score (nSPS) is 10.9. The molecule has 5 heteroatoms. The standard InChI is InChI=1S/C15H12N2O3/c1-9-3-6-14(17(18)19)12-8-10-7-11(20-2)4-5-13(10)16-15(9)12/h3-8H,1-2H3. The molecule has 0 aliphatic rings. The number of benzene rings is 2. The van der Waals surface area contributed by atoms with Crippen molar-refractivity contribution >= 4 is 27.5 Å². The van der Waals surface area contributed by atoms with E-state index in [4.69, 9.17) is 4.74 Å². The first-order valence-corrected chi connectivity index (χ1v) is 6.12. The predicted molar refractivity (Wildman–Crippen MR) is 77.2 cm³/mol. The fourth-order valence-corrected chi connectivity index (χ4v) is 2.31. The largest absolute Gasteiger partial charge is 0.497 e. The van der Waals surface area contributed by atoms with E-state index in [0.29, 0.717) is 16.7 Å². The summed E-state index contributed by atoms with van der Waals surface area (Å²) in [6.07, 6.45) is 0. The lowest BCUT2D eigenvalue weighted by molar-refractivity contribution is -0.383. The van der Waals surface area contributed by atoms with E-state index in [0.717, 1.165) is 16.5 Å². The third-order valence-electron chi connectivity index (χ3n) is 3.36. The van der Waals surface area contributed by atoms with Crippen molar-refractivity contribution < 1.29 is 9.66 Å². The molecule has 20 heavy (non-hydrogen) atoms. The SMILES string of the molecule is COc1ccc2nc3c(C)ccc([N+](=O)[O-])c3cc2c1. The molecule has 0 bridgehead atoms. The van der Waals surface area contributed by atoms with Gasteiger partial charge < -0.3 is 4.74 Å². The summed E-state index contributed by atoms with van der Waals surface area (Å²) in [5, 5.41) is 12.5. The minimum absolute atomic E-state index is 0.0721. The van der Waals surface area contributed by atoms with Crippen LogP contribution in [0.4, 0.5) is 5.69 Å². The molecular weight excluding hydrogens is 256 g/mol. The van der Waals surface area contributed by atoms with E-state index in [9.17, 15) is 10.1 Å². The van der Waals surface area contributed by atoms with Crippen LogP contribution in [0.3, 0.4) is 0 Å². The molecule has 1 heterocycles. The third-order valence-corrected chi connectivity index (χ3v) is 3.36. The maximum Gasteiger partial charge on any atom is 0.278 e. The van der Waals surface area contributed by atoms with E-state index in [1.807, 2.05) is 25.1 Å². The van der Waals surface area contributed by atoms with Crippen molar-refractivity contribution in [1.82, 2.24) is 4.98 Å². The molecule has 0 aliphatic carbocycles. The summed E-state index contributed by atoms with van der Waals surface area (Å²) in [4.78, 5) is 15.3. The summed E-state index contributed by atoms with van der Waals surface area (Å²) in [5.41, 5.74) is 2.45. The number of nitro benzene ring substituents is 1. The quantitative estimate of drug-likeness (QED) is 0.404. The summed E-state index contributed by atoms with van der Waals surface area (Å²) >= 11 is 0. The molecule has 100 valence electrons. The van der Waals surface area contributed by atoms with Crippen molar-refractivity contribution in [3.63, 3.8) is 0 Å². The van der Waals surface area contributed by atoms with Gasteiger partial charge in [-0.25, -0.2) is 4.98 Å². The number of non-ortho nitro benzene ring substituents is 1. The van der Waals surface area contributed by atoms with E-state index in [2.05, 4.69) is 4.98 Å². The van der Waals surface area contributed by atoms with Crippen LogP contribution in [0.25, 0.3) is 21.8 Å². The minimum Gasteiger partial charge on any atom is -0.497 e. The Balaban J connectivity index is 2.43. The highest BCUT2D eigenvalue weighted by molar-refractivity contribution is 5.99. The Morgan fingerprint density at radius 3 is 2.70 bits per heavy atom. The fraction of sp³-hybridized carbons (Fsp3) is 0.133. The summed E-state index contributed by atoms with van der Waals surface area (Å²) in [6, 6.07) is 10.5. The number of nitro groups is 1. The van der Waals surface area contributed by atoms with Gasteiger partial charge in [0, 0.05) is 11.5 Å². The highest BCUT2D eigenvalue weighted by Crippen LogP contribution is 2.31. The lowest BCUT2D eigenvalue weighted by Crippen LogP contribution is -1.93. The second-order valence-electron chi connectivity index (χ2n) is 4.60. The van der Waals surface area contributed by atoms with E-state index in [1.165, 1.54) is 6.07 Å². The maximum atomic E-state index is 11.1. The van der Waals surface area contributed by atoms with Gasteiger partial charge in [0.1, 0.15) is 5.75 Å². The Morgan fingerprint density at radius 1 is 1.20 bits per heavy atom. The molecule has 3 aromatic rings. The number of hydrogen-bond acceptors (Lipinski definition) is 4.